The molecular formula is C21H29N3O2. The van der Waals surface area contributed by atoms with Gasteiger partial charge in [0.25, 0.3) is 5.91 Å². The van der Waals surface area contributed by atoms with E-state index in [0.717, 1.165) is 19.5 Å². The van der Waals surface area contributed by atoms with Crippen LogP contribution in [-0.2, 0) is 6.54 Å². The summed E-state index contributed by atoms with van der Waals surface area (Å²) in [6, 6.07) is 10.9. The maximum Gasteiger partial charge on any atom is 0.256 e. The highest BCUT2D eigenvalue weighted by Gasteiger charge is 2.26. The third kappa shape index (κ3) is 4.33. The topological polar surface area (TPSA) is 58.4 Å². The molecule has 140 valence electrons. The van der Waals surface area contributed by atoms with Gasteiger partial charge in [-0.1, -0.05) is 55.8 Å². The minimum atomic E-state index is -0.0716. The Balaban J connectivity index is 1.63. The molecular weight excluding hydrogens is 326 g/mol. The van der Waals surface area contributed by atoms with E-state index in [0.29, 0.717) is 29.6 Å². The maximum atomic E-state index is 12.7. The first-order valence-electron chi connectivity index (χ1n) is 9.58. The van der Waals surface area contributed by atoms with Crippen LogP contribution in [0.15, 0.2) is 34.9 Å². The Bertz CT molecular complexity index is 724. The van der Waals surface area contributed by atoms with Crippen LogP contribution in [0, 0.1) is 6.92 Å². The van der Waals surface area contributed by atoms with Crippen LogP contribution < -0.4 is 5.32 Å². The first kappa shape index (κ1) is 18.6. The molecule has 1 atom stereocenters. The Hall–Kier alpha value is -2.14. The van der Waals surface area contributed by atoms with Crippen LogP contribution >= 0.6 is 0 Å². The molecule has 3 rings (SSSR count). The van der Waals surface area contributed by atoms with Crippen LogP contribution in [0.4, 0.5) is 0 Å². The molecule has 1 amide bonds. The van der Waals surface area contributed by atoms with E-state index in [1.54, 1.807) is 0 Å². The number of carbonyl (C=O) groups is 1. The summed E-state index contributed by atoms with van der Waals surface area (Å²) in [4.78, 5) is 15.2. The number of rotatable bonds is 6. The van der Waals surface area contributed by atoms with Crippen LogP contribution in [0.5, 0.6) is 0 Å². The van der Waals surface area contributed by atoms with E-state index in [2.05, 4.69) is 39.6 Å². The Morgan fingerprint density at radius 1 is 1.31 bits per heavy atom. The van der Waals surface area contributed by atoms with Gasteiger partial charge in [-0.3, -0.25) is 9.69 Å². The Labute approximate surface area is 155 Å². The van der Waals surface area contributed by atoms with Gasteiger partial charge in [-0.25, -0.2) is 0 Å². The number of hydrogen-bond acceptors (Lipinski definition) is 4. The normalized spacial score (nSPS) is 18.2. The molecule has 0 saturated carbocycles. The lowest BCUT2D eigenvalue weighted by Crippen LogP contribution is -2.46. The number of piperidine rings is 1. The molecule has 0 radical (unpaired) electrons. The molecule has 1 aliphatic rings. The number of carbonyl (C=O) groups excluding carboxylic acids is 1. The zero-order valence-corrected chi connectivity index (χ0v) is 16.0. The van der Waals surface area contributed by atoms with Crippen molar-refractivity contribution in [2.75, 3.05) is 13.1 Å². The molecule has 1 saturated heterocycles. The molecule has 1 fully saturated rings. The number of benzene rings is 1. The lowest BCUT2D eigenvalue weighted by Gasteiger charge is -2.35. The highest BCUT2D eigenvalue weighted by atomic mass is 16.5. The second-order valence-corrected chi connectivity index (χ2v) is 7.48. The van der Waals surface area contributed by atoms with Gasteiger partial charge >= 0.3 is 0 Å². The Morgan fingerprint density at radius 2 is 2.08 bits per heavy atom. The minimum Gasteiger partial charge on any atom is -0.360 e. The van der Waals surface area contributed by atoms with E-state index >= 15 is 0 Å². The Kier molecular flexibility index (Phi) is 6.09. The van der Waals surface area contributed by atoms with Gasteiger partial charge in [0.2, 0.25) is 0 Å². The van der Waals surface area contributed by atoms with Crippen molar-refractivity contribution < 1.29 is 9.32 Å². The van der Waals surface area contributed by atoms with E-state index in [-0.39, 0.29) is 11.8 Å². The van der Waals surface area contributed by atoms with Gasteiger partial charge in [-0.15, -0.1) is 0 Å². The second kappa shape index (κ2) is 8.49. The predicted molar refractivity (Wildman–Crippen MR) is 102 cm³/mol. The summed E-state index contributed by atoms with van der Waals surface area (Å²) in [5, 5.41) is 7.10. The highest BCUT2D eigenvalue weighted by molar-refractivity contribution is 5.96. The molecule has 5 nitrogen and oxygen atoms in total. The first-order valence-corrected chi connectivity index (χ1v) is 9.58. The summed E-state index contributed by atoms with van der Waals surface area (Å²) < 4.78 is 5.35. The van der Waals surface area contributed by atoms with Crippen LogP contribution in [0.1, 0.15) is 66.4 Å². The smallest absolute Gasteiger partial charge is 0.256 e. The molecule has 1 aromatic carbocycles. The predicted octanol–water partition coefficient (Wildman–Crippen LogP) is 3.89. The highest BCUT2D eigenvalue weighted by Crippen LogP contribution is 2.23. The third-order valence-corrected chi connectivity index (χ3v) is 5.12. The average molecular weight is 355 g/mol. The molecule has 2 aromatic rings. The number of amides is 1. The lowest BCUT2D eigenvalue weighted by molar-refractivity contribution is 0.0904. The summed E-state index contributed by atoms with van der Waals surface area (Å²) in [5.41, 5.74) is 2.59. The standard InChI is InChI=1S/C21H29N3O2/c1-15(2)20-19(16(3)23-26-20)21(25)22-13-18-11-7-8-12-24(18)14-17-9-5-4-6-10-17/h4-6,9-10,15,18H,7-8,11-14H2,1-3H3,(H,22,25). The van der Waals surface area contributed by atoms with Gasteiger partial charge in [0.1, 0.15) is 5.56 Å². The molecule has 0 bridgehead atoms. The van der Waals surface area contributed by atoms with E-state index in [1.165, 1.54) is 18.4 Å². The largest absolute Gasteiger partial charge is 0.360 e. The fourth-order valence-electron chi connectivity index (χ4n) is 3.67. The maximum absolute atomic E-state index is 12.7. The molecule has 0 spiro atoms. The van der Waals surface area contributed by atoms with E-state index in [1.807, 2.05) is 26.8 Å². The molecule has 5 heteroatoms. The lowest BCUT2D eigenvalue weighted by atomic mass is 10.0. The van der Waals surface area contributed by atoms with Gasteiger partial charge in [-0.2, -0.15) is 0 Å². The fourth-order valence-corrected chi connectivity index (χ4v) is 3.67. The van der Waals surface area contributed by atoms with Gasteiger partial charge in [0, 0.05) is 25.0 Å². The number of aryl methyl sites for hydroxylation is 1. The second-order valence-electron chi connectivity index (χ2n) is 7.48. The zero-order valence-electron chi connectivity index (χ0n) is 16.0. The minimum absolute atomic E-state index is 0.0716. The number of aromatic nitrogens is 1. The number of likely N-dealkylation sites (tertiary alicyclic amines) is 1. The van der Waals surface area contributed by atoms with Gasteiger partial charge < -0.3 is 9.84 Å². The quantitative estimate of drug-likeness (QED) is 0.854. The summed E-state index contributed by atoms with van der Waals surface area (Å²) in [6.45, 7) is 8.53. The SMILES string of the molecule is Cc1noc(C(C)C)c1C(=O)NCC1CCCCN1Cc1ccccc1. The zero-order chi connectivity index (χ0) is 18.5. The molecule has 1 unspecified atom stereocenters. The number of nitrogens with one attached hydrogen (secondary N) is 1. The summed E-state index contributed by atoms with van der Waals surface area (Å²) in [6.07, 6.45) is 3.56. The van der Waals surface area contributed by atoms with Crippen LogP contribution in [-0.4, -0.2) is 35.1 Å². The summed E-state index contributed by atoms with van der Waals surface area (Å²) in [5.74, 6) is 0.740. The van der Waals surface area contributed by atoms with E-state index in [4.69, 9.17) is 4.52 Å². The molecule has 26 heavy (non-hydrogen) atoms. The average Bonchev–Trinajstić information content (AvgIpc) is 3.03. The van der Waals surface area contributed by atoms with E-state index in [9.17, 15) is 4.79 Å². The number of nitrogens with zero attached hydrogens (tertiary/aromatic N) is 2. The fraction of sp³-hybridized carbons (Fsp3) is 0.524. The Morgan fingerprint density at radius 3 is 2.81 bits per heavy atom. The van der Waals surface area contributed by atoms with Gasteiger partial charge in [0.05, 0.1) is 5.69 Å². The van der Waals surface area contributed by atoms with Crippen molar-refractivity contribution in [2.24, 2.45) is 0 Å². The number of hydrogen-bond donors (Lipinski definition) is 1. The first-order chi connectivity index (χ1) is 12.6. The van der Waals surface area contributed by atoms with E-state index < -0.39 is 0 Å². The van der Waals surface area contributed by atoms with Crippen molar-refractivity contribution in [3.05, 3.63) is 52.9 Å². The monoisotopic (exact) mass is 355 g/mol. The van der Waals surface area contributed by atoms with Crippen LogP contribution in [0.3, 0.4) is 0 Å². The van der Waals surface area contributed by atoms with Crippen molar-refractivity contribution in [3.63, 3.8) is 0 Å². The van der Waals surface area contributed by atoms with Crippen molar-refractivity contribution in [1.29, 1.82) is 0 Å². The van der Waals surface area contributed by atoms with Crippen LogP contribution in [0.2, 0.25) is 0 Å². The van der Waals surface area contributed by atoms with Gasteiger partial charge in [0.15, 0.2) is 5.76 Å². The van der Waals surface area contributed by atoms with Gasteiger partial charge in [-0.05, 0) is 31.9 Å². The molecule has 0 aliphatic carbocycles. The summed E-state index contributed by atoms with van der Waals surface area (Å²) >= 11 is 0. The molecule has 1 aliphatic heterocycles. The summed E-state index contributed by atoms with van der Waals surface area (Å²) in [7, 11) is 0. The van der Waals surface area contributed by atoms with Crippen molar-refractivity contribution in [3.8, 4) is 0 Å². The third-order valence-electron chi connectivity index (χ3n) is 5.12. The molecule has 1 aromatic heterocycles. The molecule has 1 N–H and O–H groups in total. The molecule has 2 heterocycles. The van der Waals surface area contributed by atoms with Crippen molar-refractivity contribution >= 4 is 5.91 Å². The van der Waals surface area contributed by atoms with Crippen LogP contribution in [0.25, 0.3) is 0 Å². The van der Waals surface area contributed by atoms with Crippen molar-refractivity contribution in [1.82, 2.24) is 15.4 Å². The van der Waals surface area contributed by atoms with Crippen molar-refractivity contribution in [2.45, 2.75) is 58.5 Å².